The predicted molar refractivity (Wildman–Crippen MR) is 134 cm³/mol. The highest BCUT2D eigenvalue weighted by Crippen LogP contribution is 2.32. The number of amides is 3. The molecule has 0 saturated carbocycles. The molecular weight excluding hydrogens is 462 g/mol. The van der Waals surface area contributed by atoms with E-state index in [-0.39, 0.29) is 37.1 Å². The van der Waals surface area contributed by atoms with Crippen molar-refractivity contribution in [1.29, 1.82) is 0 Å². The van der Waals surface area contributed by atoms with Gasteiger partial charge in [-0.25, -0.2) is 9.99 Å². The van der Waals surface area contributed by atoms with Crippen molar-refractivity contribution < 1.29 is 14.4 Å². The maximum Gasteiger partial charge on any atom is 0.273 e. The minimum Gasteiger partial charge on any atom is -0.336 e. The summed E-state index contributed by atoms with van der Waals surface area (Å²) in [6.07, 6.45) is 3.16. The van der Waals surface area contributed by atoms with Crippen molar-refractivity contribution in [2.75, 3.05) is 24.6 Å². The zero-order chi connectivity index (χ0) is 24.1. The van der Waals surface area contributed by atoms with Crippen LogP contribution in [0.2, 0.25) is 0 Å². The summed E-state index contributed by atoms with van der Waals surface area (Å²) < 4.78 is 2.04. The highest BCUT2D eigenvalue weighted by Gasteiger charge is 2.39. The molecule has 1 aromatic carbocycles. The van der Waals surface area contributed by atoms with Crippen LogP contribution < -0.4 is 0 Å². The smallest absolute Gasteiger partial charge is 0.273 e. The largest absolute Gasteiger partial charge is 0.336 e. The summed E-state index contributed by atoms with van der Waals surface area (Å²) in [6, 6.07) is 9.98. The van der Waals surface area contributed by atoms with Crippen LogP contribution in [0.4, 0.5) is 0 Å². The molecule has 3 amide bonds. The molecule has 0 unspecified atom stereocenters. The van der Waals surface area contributed by atoms with Gasteiger partial charge in [-0.15, -0.1) is 0 Å². The standard InChI is InChI=1S/C26H27N5O3S/c1-28-8-7-20-19(15-29-9-11-35-12-10-29)14-22(27-25(20)28)17-5-6-21-18(13-17)16-30(26(21)34)31-23(32)3-2-4-24(31)33/h5-8,13-14H,2-4,9-12,15-16H2,1H3. The second kappa shape index (κ2) is 8.80. The number of carbonyl (C=O) groups excluding carboxylic acids is 3. The fourth-order valence-electron chi connectivity index (χ4n) is 5.22. The van der Waals surface area contributed by atoms with Crippen molar-refractivity contribution >= 4 is 40.5 Å². The van der Waals surface area contributed by atoms with E-state index in [4.69, 9.17) is 4.98 Å². The van der Waals surface area contributed by atoms with E-state index in [1.54, 1.807) is 6.07 Å². The molecular formula is C26H27N5O3S. The van der Waals surface area contributed by atoms with Crippen molar-refractivity contribution in [1.82, 2.24) is 24.5 Å². The molecule has 2 aromatic heterocycles. The maximum atomic E-state index is 13.0. The van der Waals surface area contributed by atoms with E-state index in [9.17, 15) is 14.4 Å². The van der Waals surface area contributed by atoms with E-state index in [1.165, 1.54) is 16.0 Å². The third kappa shape index (κ3) is 3.92. The SMILES string of the molecule is Cn1ccc2c(CN3CCSCC3)cc(-c3ccc4c(c3)CN(N3C(=O)CCCC3=O)C4=O)nc21. The van der Waals surface area contributed by atoms with Crippen LogP contribution >= 0.6 is 11.8 Å². The Bertz CT molecular complexity index is 1340. The average Bonchev–Trinajstić information content (AvgIpc) is 3.39. The van der Waals surface area contributed by atoms with E-state index in [2.05, 4.69) is 17.0 Å². The number of benzene rings is 1. The van der Waals surface area contributed by atoms with Crippen molar-refractivity contribution in [2.24, 2.45) is 7.05 Å². The van der Waals surface area contributed by atoms with Crippen LogP contribution in [-0.4, -0.2) is 66.8 Å². The Morgan fingerprint density at radius 2 is 1.77 bits per heavy atom. The first kappa shape index (κ1) is 22.3. The summed E-state index contributed by atoms with van der Waals surface area (Å²) in [5.74, 6) is 1.41. The van der Waals surface area contributed by atoms with E-state index in [0.29, 0.717) is 12.0 Å². The number of hydrazine groups is 1. The summed E-state index contributed by atoms with van der Waals surface area (Å²) in [5.41, 5.74) is 5.31. The lowest BCUT2D eigenvalue weighted by molar-refractivity contribution is -0.163. The Labute approximate surface area is 207 Å². The molecule has 0 radical (unpaired) electrons. The minimum absolute atomic E-state index is 0.212. The third-order valence-corrected chi connectivity index (χ3v) is 8.04. The van der Waals surface area contributed by atoms with Crippen LogP contribution in [0, 0.1) is 0 Å². The minimum atomic E-state index is -0.306. The number of imide groups is 1. The number of hydrogen-bond donors (Lipinski definition) is 0. The summed E-state index contributed by atoms with van der Waals surface area (Å²) in [7, 11) is 2.01. The normalized spacial score (nSPS) is 19.2. The number of pyridine rings is 1. The van der Waals surface area contributed by atoms with Gasteiger partial charge in [-0.3, -0.25) is 19.3 Å². The molecule has 0 bridgehead atoms. The van der Waals surface area contributed by atoms with Crippen LogP contribution in [0.1, 0.15) is 40.7 Å². The highest BCUT2D eigenvalue weighted by molar-refractivity contribution is 7.99. The second-order valence-corrected chi connectivity index (χ2v) is 10.6. The lowest BCUT2D eigenvalue weighted by Gasteiger charge is -2.32. The first-order valence-electron chi connectivity index (χ1n) is 12.1. The summed E-state index contributed by atoms with van der Waals surface area (Å²) in [5, 5.41) is 3.51. The van der Waals surface area contributed by atoms with Gasteiger partial charge >= 0.3 is 0 Å². The first-order valence-corrected chi connectivity index (χ1v) is 13.2. The van der Waals surface area contributed by atoms with Gasteiger partial charge in [0.05, 0.1) is 12.2 Å². The van der Waals surface area contributed by atoms with E-state index in [1.807, 2.05) is 41.7 Å². The van der Waals surface area contributed by atoms with Crippen LogP contribution in [0.25, 0.3) is 22.3 Å². The predicted octanol–water partition coefficient (Wildman–Crippen LogP) is 3.20. The van der Waals surface area contributed by atoms with Gasteiger partial charge in [0, 0.05) is 73.7 Å². The Morgan fingerprint density at radius 1 is 1.00 bits per heavy atom. The highest BCUT2D eigenvalue weighted by atomic mass is 32.2. The topological polar surface area (TPSA) is 78.8 Å². The number of fused-ring (bicyclic) bond motifs is 2. The van der Waals surface area contributed by atoms with Crippen LogP contribution in [0.15, 0.2) is 36.5 Å². The molecule has 8 nitrogen and oxygen atoms in total. The maximum absolute atomic E-state index is 13.0. The molecule has 6 rings (SSSR count). The van der Waals surface area contributed by atoms with Gasteiger partial charge in [-0.05, 0) is 41.8 Å². The number of carbonyl (C=O) groups is 3. The van der Waals surface area contributed by atoms with Crippen LogP contribution in [-0.2, 0) is 29.7 Å². The first-order chi connectivity index (χ1) is 17.0. The quantitative estimate of drug-likeness (QED) is 0.524. The number of piperidine rings is 1. The molecule has 2 saturated heterocycles. The fraction of sp³-hybridized carbons (Fsp3) is 0.385. The average molecular weight is 490 g/mol. The lowest BCUT2D eigenvalue weighted by Crippen LogP contribution is -2.51. The molecule has 0 atom stereocenters. The Kier molecular flexibility index (Phi) is 5.61. The number of thioether (sulfide) groups is 1. The summed E-state index contributed by atoms with van der Waals surface area (Å²) in [6.45, 7) is 3.26. The fourth-order valence-corrected chi connectivity index (χ4v) is 6.20. The molecule has 0 aliphatic carbocycles. The van der Waals surface area contributed by atoms with Crippen LogP contribution in [0.5, 0.6) is 0 Å². The molecule has 0 spiro atoms. The Morgan fingerprint density at radius 3 is 2.54 bits per heavy atom. The molecule has 180 valence electrons. The van der Waals surface area contributed by atoms with Gasteiger partial charge in [0.15, 0.2) is 0 Å². The number of aryl methyl sites for hydroxylation is 1. The summed E-state index contributed by atoms with van der Waals surface area (Å²) in [4.78, 5) is 45.3. The zero-order valence-electron chi connectivity index (χ0n) is 19.7. The monoisotopic (exact) mass is 489 g/mol. The van der Waals surface area contributed by atoms with E-state index in [0.717, 1.165) is 58.6 Å². The molecule has 3 aromatic rings. The zero-order valence-corrected chi connectivity index (χ0v) is 20.5. The molecule has 9 heteroatoms. The van der Waals surface area contributed by atoms with Gasteiger partial charge in [0.1, 0.15) is 5.65 Å². The second-order valence-electron chi connectivity index (χ2n) is 9.41. The third-order valence-electron chi connectivity index (χ3n) is 7.10. The molecule has 0 N–H and O–H groups in total. The van der Waals surface area contributed by atoms with E-state index >= 15 is 0 Å². The van der Waals surface area contributed by atoms with Crippen molar-refractivity contribution in [2.45, 2.75) is 32.4 Å². The Balaban J connectivity index is 1.35. The van der Waals surface area contributed by atoms with Gasteiger partial charge in [-0.2, -0.15) is 16.8 Å². The number of rotatable bonds is 4. The number of aromatic nitrogens is 2. The van der Waals surface area contributed by atoms with Gasteiger partial charge in [-0.1, -0.05) is 6.07 Å². The molecule has 5 heterocycles. The molecule has 3 aliphatic rings. The van der Waals surface area contributed by atoms with Crippen molar-refractivity contribution in [3.8, 4) is 11.3 Å². The molecule has 35 heavy (non-hydrogen) atoms. The van der Waals surface area contributed by atoms with E-state index < -0.39 is 0 Å². The van der Waals surface area contributed by atoms with Gasteiger partial charge in [0.2, 0.25) is 11.8 Å². The van der Waals surface area contributed by atoms with Crippen molar-refractivity contribution in [3.63, 3.8) is 0 Å². The van der Waals surface area contributed by atoms with Crippen molar-refractivity contribution in [3.05, 3.63) is 53.2 Å². The lowest BCUT2D eigenvalue weighted by atomic mass is 10.0. The molecule has 2 fully saturated rings. The Hall–Kier alpha value is -3.17. The van der Waals surface area contributed by atoms with Gasteiger partial charge < -0.3 is 4.57 Å². The molecule has 3 aliphatic heterocycles. The number of nitrogens with zero attached hydrogens (tertiary/aromatic N) is 5. The van der Waals surface area contributed by atoms with Crippen LogP contribution in [0.3, 0.4) is 0 Å². The summed E-state index contributed by atoms with van der Waals surface area (Å²) >= 11 is 2.00. The van der Waals surface area contributed by atoms with Gasteiger partial charge in [0.25, 0.3) is 5.91 Å². The number of hydrogen-bond acceptors (Lipinski definition) is 6.